The number of aromatic nitrogens is 2. The lowest BCUT2D eigenvalue weighted by Crippen LogP contribution is -2.33. The zero-order valence-electron chi connectivity index (χ0n) is 8.55. The third-order valence-corrected chi connectivity index (χ3v) is 2.60. The van der Waals surface area contributed by atoms with Crippen molar-refractivity contribution in [2.45, 2.75) is 26.0 Å². The van der Waals surface area contributed by atoms with Crippen molar-refractivity contribution in [3.8, 4) is 0 Å². The van der Waals surface area contributed by atoms with E-state index in [0.717, 1.165) is 18.9 Å². The Balaban J connectivity index is 2.23. The summed E-state index contributed by atoms with van der Waals surface area (Å²) in [5, 5.41) is 11.6. The van der Waals surface area contributed by atoms with Crippen molar-refractivity contribution in [1.82, 2.24) is 9.55 Å². The van der Waals surface area contributed by atoms with Gasteiger partial charge >= 0.3 is 0 Å². The average Bonchev–Trinajstić information content (AvgIpc) is 2.52. The third-order valence-electron chi connectivity index (χ3n) is 2.60. The number of nitrogens with two attached hydrogens (primary N) is 1. The van der Waals surface area contributed by atoms with Gasteiger partial charge in [0.05, 0.1) is 18.8 Å². The highest BCUT2D eigenvalue weighted by Gasteiger charge is 2.21. The van der Waals surface area contributed by atoms with Gasteiger partial charge in [-0.3, -0.25) is 0 Å². The van der Waals surface area contributed by atoms with Crippen LogP contribution in [0, 0.1) is 6.92 Å². The van der Waals surface area contributed by atoms with E-state index in [1.54, 1.807) is 6.20 Å². The van der Waals surface area contributed by atoms with Gasteiger partial charge in [-0.05, 0) is 13.3 Å². The summed E-state index contributed by atoms with van der Waals surface area (Å²) in [6, 6.07) is 0. The van der Waals surface area contributed by atoms with Crippen LogP contribution in [0.4, 0.5) is 0 Å². The topological polar surface area (TPSA) is 85.7 Å². The molecular weight excluding hydrogens is 196 g/mol. The molecule has 0 spiro atoms. The lowest BCUT2D eigenvalue weighted by molar-refractivity contribution is -0.0595. The SMILES string of the molecule is Cc1ncc(C(N)=NO)n1CC1CCO1. The van der Waals surface area contributed by atoms with E-state index in [-0.39, 0.29) is 11.9 Å². The van der Waals surface area contributed by atoms with Crippen molar-refractivity contribution in [3.05, 3.63) is 17.7 Å². The van der Waals surface area contributed by atoms with Gasteiger partial charge < -0.3 is 20.2 Å². The summed E-state index contributed by atoms with van der Waals surface area (Å²) in [4.78, 5) is 4.13. The third kappa shape index (κ3) is 1.80. The van der Waals surface area contributed by atoms with Gasteiger partial charge in [0.2, 0.25) is 0 Å². The first-order valence-electron chi connectivity index (χ1n) is 4.84. The minimum absolute atomic E-state index is 0.0786. The molecule has 1 aromatic heterocycles. The second-order valence-electron chi connectivity index (χ2n) is 3.57. The highest BCUT2D eigenvalue weighted by Crippen LogP contribution is 2.15. The molecule has 1 atom stereocenters. The Hall–Kier alpha value is -1.56. The maximum Gasteiger partial charge on any atom is 0.188 e. The predicted molar refractivity (Wildman–Crippen MR) is 53.8 cm³/mol. The van der Waals surface area contributed by atoms with Gasteiger partial charge in [-0.25, -0.2) is 4.98 Å². The maximum absolute atomic E-state index is 8.62. The van der Waals surface area contributed by atoms with Gasteiger partial charge in [0.25, 0.3) is 0 Å². The Bertz CT molecular complexity index is 381. The number of aryl methyl sites for hydroxylation is 1. The van der Waals surface area contributed by atoms with E-state index in [2.05, 4.69) is 10.1 Å². The van der Waals surface area contributed by atoms with E-state index in [1.807, 2.05) is 11.5 Å². The fourth-order valence-corrected chi connectivity index (χ4v) is 1.59. The molecule has 6 heteroatoms. The molecule has 1 aromatic rings. The fourth-order valence-electron chi connectivity index (χ4n) is 1.59. The second-order valence-corrected chi connectivity index (χ2v) is 3.57. The first-order valence-corrected chi connectivity index (χ1v) is 4.84. The van der Waals surface area contributed by atoms with Crippen LogP contribution >= 0.6 is 0 Å². The van der Waals surface area contributed by atoms with Crippen molar-refractivity contribution in [3.63, 3.8) is 0 Å². The van der Waals surface area contributed by atoms with Gasteiger partial charge in [0.1, 0.15) is 11.5 Å². The Kier molecular flexibility index (Phi) is 2.59. The molecule has 1 aliphatic rings. The van der Waals surface area contributed by atoms with Crippen LogP contribution < -0.4 is 5.73 Å². The molecule has 0 radical (unpaired) electrons. The number of hydrogen-bond donors (Lipinski definition) is 2. The summed E-state index contributed by atoms with van der Waals surface area (Å²) in [6.07, 6.45) is 2.87. The monoisotopic (exact) mass is 210 g/mol. The van der Waals surface area contributed by atoms with Crippen LogP contribution in [-0.2, 0) is 11.3 Å². The number of ether oxygens (including phenoxy) is 1. The number of rotatable bonds is 3. The van der Waals surface area contributed by atoms with Crippen LogP contribution in [0.1, 0.15) is 17.9 Å². The van der Waals surface area contributed by atoms with E-state index in [1.165, 1.54) is 0 Å². The molecule has 1 saturated heterocycles. The molecule has 82 valence electrons. The molecule has 1 unspecified atom stereocenters. The molecule has 0 saturated carbocycles. The second kappa shape index (κ2) is 3.90. The van der Waals surface area contributed by atoms with Crippen molar-refractivity contribution in [1.29, 1.82) is 0 Å². The van der Waals surface area contributed by atoms with Crippen LogP contribution in [0.15, 0.2) is 11.4 Å². The summed E-state index contributed by atoms with van der Waals surface area (Å²) >= 11 is 0. The predicted octanol–water partition coefficient (Wildman–Crippen LogP) is 0.0749. The summed E-state index contributed by atoms with van der Waals surface area (Å²) < 4.78 is 7.24. The number of amidine groups is 1. The zero-order chi connectivity index (χ0) is 10.8. The molecule has 1 aliphatic heterocycles. The van der Waals surface area contributed by atoms with E-state index in [9.17, 15) is 0 Å². The smallest absolute Gasteiger partial charge is 0.188 e. The van der Waals surface area contributed by atoms with Crippen molar-refractivity contribution in [2.75, 3.05) is 6.61 Å². The molecule has 1 fully saturated rings. The zero-order valence-corrected chi connectivity index (χ0v) is 8.55. The molecule has 2 heterocycles. The normalized spacial score (nSPS) is 21.4. The quantitative estimate of drug-likeness (QED) is 0.320. The van der Waals surface area contributed by atoms with E-state index < -0.39 is 0 Å². The van der Waals surface area contributed by atoms with Crippen molar-refractivity contribution in [2.24, 2.45) is 10.9 Å². The van der Waals surface area contributed by atoms with E-state index >= 15 is 0 Å². The van der Waals surface area contributed by atoms with Gasteiger partial charge in [-0.1, -0.05) is 5.16 Å². The minimum Gasteiger partial charge on any atom is -0.409 e. The first-order chi connectivity index (χ1) is 7.22. The molecule has 0 aliphatic carbocycles. The highest BCUT2D eigenvalue weighted by molar-refractivity contribution is 5.95. The summed E-state index contributed by atoms with van der Waals surface area (Å²) in [7, 11) is 0. The lowest BCUT2D eigenvalue weighted by atomic mass is 10.2. The molecule has 2 rings (SSSR count). The van der Waals surface area contributed by atoms with Crippen LogP contribution in [0.25, 0.3) is 0 Å². The summed E-state index contributed by atoms with van der Waals surface area (Å²) in [5.74, 6) is 0.919. The Morgan fingerprint density at radius 2 is 2.60 bits per heavy atom. The Morgan fingerprint density at radius 3 is 3.13 bits per heavy atom. The fraction of sp³-hybridized carbons (Fsp3) is 0.556. The van der Waals surface area contributed by atoms with Crippen LogP contribution in [0.5, 0.6) is 0 Å². The van der Waals surface area contributed by atoms with Crippen LogP contribution in [0.3, 0.4) is 0 Å². The van der Waals surface area contributed by atoms with Crippen molar-refractivity contribution < 1.29 is 9.94 Å². The molecule has 0 bridgehead atoms. The van der Waals surface area contributed by atoms with Crippen LogP contribution in [0.2, 0.25) is 0 Å². The van der Waals surface area contributed by atoms with E-state index in [4.69, 9.17) is 15.7 Å². The molecule has 6 nitrogen and oxygen atoms in total. The highest BCUT2D eigenvalue weighted by atomic mass is 16.5. The molecule has 0 aromatic carbocycles. The standard InChI is InChI=1S/C9H14N4O2/c1-6-11-4-8(9(10)12-14)13(6)5-7-2-3-15-7/h4,7,14H,2-3,5H2,1H3,(H2,10,12). The van der Waals surface area contributed by atoms with Gasteiger partial charge in [-0.2, -0.15) is 0 Å². The molecule has 0 amide bonds. The van der Waals surface area contributed by atoms with E-state index in [0.29, 0.717) is 12.2 Å². The van der Waals surface area contributed by atoms with Gasteiger partial charge in [0.15, 0.2) is 5.84 Å². The minimum atomic E-state index is 0.0786. The van der Waals surface area contributed by atoms with Crippen LogP contribution in [-0.4, -0.2) is 33.3 Å². The van der Waals surface area contributed by atoms with Gasteiger partial charge in [-0.15, -0.1) is 0 Å². The lowest BCUT2D eigenvalue weighted by Gasteiger charge is -2.27. The maximum atomic E-state index is 8.62. The van der Waals surface area contributed by atoms with Gasteiger partial charge in [0, 0.05) is 6.61 Å². The Morgan fingerprint density at radius 1 is 1.87 bits per heavy atom. The number of nitrogens with zero attached hydrogens (tertiary/aromatic N) is 3. The van der Waals surface area contributed by atoms with Crippen molar-refractivity contribution >= 4 is 5.84 Å². The summed E-state index contributed by atoms with van der Waals surface area (Å²) in [6.45, 7) is 3.40. The number of imidazole rings is 1. The first kappa shape index (κ1) is 9.97. The summed E-state index contributed by atoms with van der Waals surface area (Å²) in [5.41, 5.74) is 6.17. The number of oxime groups is 1. The molecular formula is C9H14N4O2. The Labute approximate surface area is 87.4 Å². The largest absolute Gasteiger partial charge is 0.409 e. The number of hydrogen-bond acceptors (Lipinski definition) is 4. The average molecular weight is 210 g/mol. The molecule has 15 heavy (non-hydrogen) atoms. The molecule has 3 N–H and O–H groups in total.